The highest BCUT2D eigenvalue weighted by atomic mass is 16.5. The molecule has 0 bridgehead atoms. The van der Waals surface area contributed by atoms with Crippen molar-refractivity contribution < 1.29 is 4.74 Å². The number of nitrogens with one attached hydrogen (secondary N) is 1. The van der Waals surface area contributed by atoms with Crippen LogP contribution in [0.5, 0.6) is 0 Å². The third kappa shape index (κ3) is 3.27. The molecule has 2 fully saturated rings. The largest absolute Gasteiger partial charge is 0.377 e. The molecule has 2 aliphatic heterocycles. The van der Waals surface area contributed by atoms with Gasteiger partial charge in [-0.3, -0.25) is 4.90 Å². The molecule has 21 heavy (non-hydrogen) atoms. The summed E-state index contributed by atoms with van der Waals surface area (Å²) in [6.45, 7) is 5.13. The summed E-state index contributed by atoms with van der Waals surface area (Å²) >= 11 is 0. The summed E-state index contributed by atoms with van der Waals surface area (Å²) in [5, 5.41) is 3.11. The lowest BCUT2D eigenvalue weighted by atomic mass is 10.2. The molecule has 116 valence electrons. The fourth-order valence-electron chi connectivity index (χ4n) is 3.32. The standard InChI is InChI=1S/C15H25N5O/c1-16-13-9-15(18-14(17-13)11-21-2)20-8-5-12(10-20)19-6-3-4-7-19/h9,12H,3-8,10-11H2,1-2H3,(H,16,17,18). The Morgan fingerprint density at radius 2 is 2.10 bits per heavy atom. The van der Waals surface area contributed by atoms with Gasteiger partial charge >= 0.3 is 0 Å². The van der Waals surface area contributed by atoms with Gasteiger partial charge in [0.1, 0.15) is 18.2 Å². The van der Waals surface area contributed by atoms with Crippen molar-refractivity contribution in [1.82, 2.24) is 14.9 Å². The highest BCUT2D eigenvalue weighted by molar-refractivity contribution is 5.50. The van der Waals surface area contributed by atoms with E-state index >= 15 is 0 Å². The number of rotatable bonds is 5. The molecule has 0 spiro atoms. The summed E-state index contributed by atoms with van der Waals surface area (Å²) < 4.78 is 5.17. The summed E-state index contributed by atoms with van der Waals surface area (Å²) in [6, 6.07) is 2.72. The second-order valence-electron chi connectivity index (χ2n) is 5.84. The van der Waals surface area contributed by atoms with Crippen LogP contribution in [-0.4, -0.2) is 61.2 Å². The van der Waals surface area contributed by atoms with Crippen molar-refractivity contribution in [3.63, 3.8) is 0 Å². The van der Waals surface area contributed by atoms with Crippen molar-refractivity contribution in [3.05, 3.63) is 11.9 Å². The normalized spacial score (nSPS) is 23.0. The molecular formula is C15H25N5O. The predicted molar refractivity (Wildman–Crippen MR) is 83.7 cm³/mol. The minimum atomic E-state index is 0.450. The molecule has 6 heteroatoms. The third-order valence-electron chi connectivity index (χ3n) is 4.43. The first-order chi connectivity index (χ1) is 10.3. The molecule has 0 aromatic carbocycles. The molecule has 1 aromatic heterocycles. The van der Waals surface area contributed by atoms with Crippen LogP contribution < -0.4 is 10.2 Å². The fraction of sp³-hybridized carbons (Fsp3) is 0.733. The van der Waals surface area contributed by atoms with E-state index in [-0.39, 0.29) is 0 Å². The van der Waals surface area contributed by atoms with Crippen LogP contribution in [0.25, 0.3) is 0 Å². The monoisotopic (exact) mass is 291 g/mol. The van der Waals surface area contributed by atoms with E-state index in [1.54, 1.807) is 7.11 Å². The molecule has 3 heterocycles. The number of hydrogen-bond donors (Lipinski definition) is 1. The van der Waals surface area contributed by atoms with E-state index in [4.69, 9.17) is 4.74 Å². The van der Waals surface area contributed by atoms with E-state index in [9.17, 15) is 0 Å². The lowest BCUT2D eigenvalue weighted by Gasteiger charge is -2.24. The maximum Gasteiger partial charge on any atom is 0.158 e. The Hall–Kier alpha value is -1.40. The van der Waals surface area contributed by atoms with E-state index < -0.39 is 0 Å². The Morgan fingerprint density at radius 1 is 1.29 bits per heavy atom. The highest BCUT2D eigenvalue weighted by Crippen LogP contribution is 2.25. The van der Waals surface area contributed by atoms with Crippen molar-refractivity contribution >= 4 is 11.6 Å². The van der Waals surface area contributed by atoms with Crippen LogP contribution in [0.2, 0.25) is 0 Å². The number of likely N-dealkylation sites (tertiary alicyclic amines) is 1. The average Bonchev–Trinajstić information content (AvgIpc) is 3.18. The molecule has 3 rings (SSSR count). The van der Waals surface area contributed by atoms with Gasteiger partial charge in [0.25, 0.3) is 0 Å². The zero-order valence-corrected chi connectivity index (χ0v) is 13.0. The maximum atomic E-state index is 5.17. The molecule has 1 atom stereocenters. The van der Waals surface area contributed by atoms with E-state index in [1.807, 2.05) is 13.1 Å². The van der Waals surface area contributed by atoms with Gasteiger partial charge in [-0.2, -0.15) is 0 Å². The average molecular weight is 291 g/mol. The van der Waals surface area contributed by atoms with Crippen molar-refractivity contribution in [2.24, 2.45) is 0 Å². The summed E-state index contributed by atoms with van der Waals surface area (Å²) in [4.78, 5) is 14.1. The zero-order chi connectivity index (χ0) is 14.7. The van der Waals surface area contributed by atoms with Crippen LogP contribution in [0.15, 0.2) is 6.07 Å². The summed E-state index contributed by atoms with van der Waals surface area (Å²) in [5.41, 5.74) is 0. The van der Waals surface area contributed by atoms with Gasteiger partial charge in [0.05, 0.1) is 0 Å². The molecule has 1 unspecified atom stereocenters. The van der Waals surface area contributed by atoms with Gasteiger partial charge < -0.3 is 15.0 Å². The smallest absolute Gasteiger partial charge is 0.158 e. The molecule has 0 aliphatic carbocycles. The molecule has 6 nitrogen and oxygen atoms in total. The summed E-state index contributed by atoms with van der Waals surface area (Å²) in [5.74, 6) is 2.61. The Kier molecular flexibility index (Phi) is 4.55. The topological polar surface area (TPSA) is 53.5 Å². The molecule has 0 amide bonds. The Balaban J connectivity index is 1.72. The van der Waals surface area contributed by atoms with Crippen molar-refractivity contribution in [2.75, 3.05) is 50.6 Å². The number of anilines is 2. The Morgan fingerprint density at radius 3 is 2.81 bits per heavy atom. The molecule has 2 saturated heterocycles. The van der Waals surface area contributed by atoms with E-state index in [1.165, 1.54) is 32.4 Å². The molecular weight excluding hydrogens is 266 g/mol. The second kappa shape index (κ2) is 6.58. The van der Waals surface area contributed by atoms with E-state index in [0.717, 1.165) is 30.5 Å². The van der Waals surface area contributed by atoms with E-state index in [0.29, 0.717) is 12.6 Å². The maximum absolute atomic E-state index is 5.17. The fourth-order valence-corrected chi connectivity index (χ4v) is 3.32. The zero-order valence-electron chi connectivity index (χ0n) is 13.0. The number of aromatic nitrogens is 2. The van der Waals surface area contributed by atoms with Crippen LogP contribution in [0.1, 0.15) is 25.1 Å². The van der Waals surface area contributed by atoms with Crippen LogP contribution in [-0.2, 0) is 11.3 Å². The Bertz CT molecular complexity index is 475. The number of ether oxygens (including phenoxy) is 1. The molecule has 1 N–H and O–H groups in total. The lowest BCUT2D eigenvalue weighted by molar-refractivity contribution is 0.178. The summed E-state index contributed by atoms with van der Waals surface area (Å²) in [7, 11) is 3.56. The van der Waals surface area contributed by atoms with E-state index in [2.05, 4.69) is 25.1 Å². The molecule has 0 saturated carbocycles. The van der Waals surface area contributed by atoms with Crippen LogP contribution >= 0.6 is 0 Å². The van der Waals surface area contributed by atoms with Gasteiger partial charge in [-0.15, -0.1) is 0 Å². The molecule has 0 radical (unpaired) electrons. The first-order valence-electron chi connectivity index (χ1n) is 7.84. The predicted octanol–water partition coefficient (Wildman–Crippen LogP) is 1.34. The lowest BCUT2D eigenvalue weighted by Crippen LogP contribution is -2.35. The quantitative estimate of drug-likeness (QED) is 0.883. The first kappa shape index (κ1) is 14.5. The first-order valence-corrected chi connectivity index (χ1v) is 7.84. The molecule has 2 aliphatic rings. The number of methoxy groups -OCH3 is 1. The van der Waals surface area contributed by atoms with Gasteiger partial charge in [0, 0.05) is 39.4 Å². The van der Waals surface area contributed by atoms with Crippen LogP contribution in [0.4, 0.5) is 11.6 Å². The minimum absolute atomic E-state index is 0.450. The van der Waals surface area contributed by atoms with Gasteiger partial charge in [-0.1, -0.05) is 0 Å². The minimum Gasteiger partial charge on any atom is -0.377 e. The second-order valence-corrected chi connectivity index (χ2v) is 5.84. The SMILES string of the molecule is CNc1cc(N2CCC(N3CCCC3)C2)nc(COC)n1. The third-order valence-corrected chi connectivity index (χ3v) is 4.43. The van der Waals surface area contributed by atoms with Crippen molar-refractivity contribution in [2.45, 2.75) is 31.9 Å². The van der Waals surface area contributed by atoms with Gasteiger partial charge in [0.15, 0.2) is 5.82 Å². The number of nitrogens with zero attached hydrogens (tertiary/aromatic N) is 4. The van der Waals surface area contributed by atoms with Crippen LogP contribution in [0.3, 0.4) is 0 Å². The van der Waals surface area contributed by atoms with Crippen molar-refractivity contribution in [3.8, 4) is 0 Å². The number of hydrogen-bond acceptors (Lipinski definition) is 6. The van der Waals surface area contributed by atoms with Crippen LogP contribution in [0, 0.1) is 0 Å². The highest BCUT2D eigenvalue weighted by Gasteiger charge is 2.30. The van der Waals surface area contributed by atoms with Gasteiger partial charge in [0.2, 0.25) is 0 Å². The summed E-state index contributed by atoms with van der Waals surface area (Å²) in [6.07, 6.45) is 3.94. The van der Waals surface area contributed by atoms with Crippen molar-refractivity contribution in [1.29, 1.82) is 0 Å². The van der Waals surface area contributed by atoms with Gasteiger partial charge in [-0.25, -0.2) is 9.97 Å². The van der Waals surface area contributed by atoms with Gasteiger partial charge in [-0.05, 0) is 32.4 Å². The molecule has 1 aromatic rings. The Labute approximate surface area is 126 Å².